The molecule has 1 aliphatic rings. The van der Waals surface area contributed by atoms with Gasteiger partial charge in [-0.05, 0) is 30.2 Å². The van der Waals surface area contributed by atoms with E-state index in [2.05, 4.69) is 0 Å². The van der Waals surface area contributed by atoms with Crippen LogP contribution in [0.25, 0.3) is 0 Å². The number of ether oxygens (including phenoxy) is 2. The summed E-state index contributed by atoms with van der Waals surface area (Å²) < 4.78 is 10.3. The predicted octanol–water partition coefficient (Wildman–Crippen LogP) is 1.21. The number of hydrogen-bond acceptors (Lipinski definition) is 4. The van der Waals surface area contributed by atoms with Gasteiger partial charge >= 0.3 is 0 Å². The van der Waals surface area contributed by atoms with Crippen molar-refractivity contribution < 1.29 is 14.3 Å². The lowest BCUT2D eigenvalue weighted by atomic mass is 10.0. The molecule has 0 saturated heterocycles. The average molecular weight is 264 g/mol. The number of amides is 1. The third-order valence-corrected chi connectivity index (χ3v) is 3.19. The molecule has 1 aliphatic heterocycles. The minimum absolute atomic E-state index is 0.146. The lowest BCUT2D eigenvalue weighted by Crippen LogP contribution is -2.37. The fourth-order valence-electron chi connectivity index (χ4n) is 2.23. The summed E-state index contributed by atoms with van der Waals surface area (Å²) in [5.41, 5.74) is 8.61. The predicted molar refractivity (Wildman–Crippen MR) is 74.2 cm³/mol. The maximum Gasteiger partial charge on any atom is 0.227 e. The van der Waals surface area contributed by atoms with Crippen LogP contribution >= 0.6 is 0 Å². The van der Waals surface area contributed by atoms with Gasteiger partial charge in [0, 0.05) is 31.5 Å². The third-order valence-electron chi connectivity index (χ3n) is 3.19. The summed E-state index contributed by atoms with van der Waals surface area (Å²) in [5, 5.41) is 0. The van der Waals surface area contributed by atoms with Crippen LogP contribution in [0.15, 0.2) is 18.2 Å². The van der Waals surface area contributed by atoms with Gasteiger partial charge in [-0.3, -0.25) is 4.79 Å². The lowest BCUT2D eigenvalue weighted by Gasteiger charge is -2.29. The Morgan fingerprint density at radius 2 is 2.11 bits per heavy atom. The molecule has 1 amide bonds. The van der Waals surface area contributed by atoms with Crippen molar-refractivity contribution in [3.63, 3.8) is 0 Å². The van der Waals surface area contributed by atoms with Gasteiger partial charge in [-0.15, -0.1) is 0 Å². The third kappa shape index (κ3) is 3.45. The summed E-state index contributed by atoms with van der Waals surface area (Å²) in [6.45, 7) is 2.20. The maximum absolute atomic E-state index is 12.0. The Bertz CT molecular complexity index is 448. The molecule has 2 rings (SSSR count). The van der Waals surface area contributed by atoms with E-state index in [1.165, 1.54) is 0 Å². The van der Waals surface area contributed by atoms with Gasteiger partial charge in [0.1, 0.15) is 0 Å². The van der Waals surface area contributed by atoms with E-state index in [4.69, 9.17) is 15.2 Å². The van der Waals surface area contributed by atoms with Gasteiger partial charge in [0.15, 0.2) is 0 Å². The summed E-state index contributed by atoms with van der Waals surface area (Å²) in [4.78, 5) is 13.8. The van der Waals surface area contributed by atoms with Gasteiger partial charge in [-0.25, -0.2) is 0 Å². The number of fused-ring (bicyclic) bond motifs is 1. The van der Waals surface area contributed by atoms with Crippen LogP contribution in [0.2, 0.25) is 0 Å². The molecule has 104 valence electrons. The molecule has 5 nitrogen and oxygen atoms in total. The minimum Gasteiger partial charge on any atom is -0.399 e. The molecule has 2 N–H and O–H groups in total. The van der Waals surface area contributed by atoms with Crippen LogP contribution in [0.3, 0.4) is 0 Å². The molecule has 1 aromatic carbocycles. The molecule has 19 heavy (non-hydrogen) atoms. The van der Waals surface area contributed by atoms with Crippen molar-refractivity contribution >= 4 is 17.3 Å². The van der Waals surface area contributed by atoms with Crippen molar-refractivity contribution in [3.05, 3.63) is 23.8 Å². The lowest BCUT2D eigenvalue weighted by molar-refractivity contribution is -0.119. The number of carbonyl (C=O) groups is 1. The molecule has 0 aliphatic carbocycles. The summed E-state index contributed by atoms with van der Waals surface area (Å²) in [7, 11) is 1.64. The molecule has 1 aromatic rings. The number of carbonyl (C=O) groups excluding carboxylic acids is 1. The van der Waals surface area contributed by atoms with Crippen LogP contribution in [0.5, 0.6) is 0 Å². The number of nitrogens with zero attached hydrogens (tertiary/aromatic N) is 1. The molecule has 0 saturated carbocycles. The number of nitrogens with two attached hydrogens (primary N) is 1. The SMILES string of the molecule is COCCOCCN1C(=O)CCc2cc(N)ccc21. The summed E-state index contributed by atoms with van der Waals surface area (Å²) in [6, 6.07) is 5.69. The number of anilines is 2. The van der Waals surface area contributed by atoms with Crippen molar-refractivity contribution in [2.45, 2.75) is 12.8 Å². The molecule has 0 bridgehead atoms. The number of hydrogen-bond donors (Lipinski definition) is 1. The summed E-state index contributed by atoms with van der Waals surface area (Å²) in [5.74, 6) is 0.146. The first-order valence-electron chi connectivity index (χ1n) is 6.48. The van der Waals surface area contributed by atoms with E-state index < -0.39 is 0 Å². The Morgan fingerprint density at radius 3 is 2.89 bits per heavy atom. The molecule has 0 fully saturated rings. The van der Waals surface area contributed by atoms with Crippen LogP contribution < -0.4 is 10.6 Å². The quantitative estimate of drug-likeness (QED) is 0.619. The largest absolute Gasteiger partial charge is 0.399 e. The average Bonchev–Trinajstić information content (AvgIpc) is 2.41. The van der Waals surface area contributed by atoms with Crippen LogP contribution in [0.4, 0.5) is 11.4 Å². The second-order valence-corrected chi connectivity index (χ2v) is 4.54. The zero-order valence-electron chi connectivity index (χ0n) is 11.2. The normalized spacial score (nSPS) is 14.6. The number of nitrogen functional groups attached to an aromatic ring is 1. The standard InChI is InChI=1S/C14H20N2O3/c1-18-8-9-19-7-6-16-13-4-3-12(15)10-11(13)2-5-14(16)17/h3-4,10H,2,5-9,15H2,1H3. The second kappa shape index (κ2) is 6.54. The van der Waals surface area contributed by atoms with E-state index in [1.54, 1.807) is 12.0 Å². The Balaban J connectivity index is 1.98. The Morgan fingerprint density at radius 1 is 1.26 bits per heavy atom. The van der Waals surface area contributed by atoms with Crippen LogP contribution in [-0.4, -0.2) is 39.4 Å². The van der Waals surface area contributed by atoms with Gasteiger partial charge in [0.25, 0.3) is 0 Å². The molecule has 0 radical (unpaired) electrons. The Kier molecular flexibility index (Phi) is 4.76. The molecule has 1 heterocycles. The van der Waals surface area contributed by atoms with Gasteiger partial charge in [-0.2, -0.15) is 0 Å². The molecular formula is C14H20N2O3. The number of benzene rings is 1. The number of aryl methyl sites for hydroxylation is 1. The van der Waals surface area contributed by atoms with Crippen molar-refractivity contribution in [1.82, 2.24) is 0 Å². The highest BCUT2D eigenvalue weighted by atomic mass is 16.5. The summed E-state index contributed by atoms with van der Waals surface area (Å²) >= 11 is 0. The van der Waals surface area contributed by atoms with E-state index in [1.807, 2.05) is 18.2 Å². The highest BCUT2D eigenvalue weighted by molar-refractivity contribution is 5.96. The van der Waals surface area contributed by atoms with E-state index in [9.17, 15) is 4.79 Å². The van der Waals surface area contributed by atoms with Gasteiger partial charge in [0.05, 0.1) is 19.8 Å². The minimum atomic E-state index is 0.146. The molecule has 0 unspecified atom stereocenters. The monoisotopic (exact) mass is 264 g/mol. The first kappa shape index (κ1) is 13.8. The number of rotatable bonds is 6. The van der Waals surface area contributed by atoms with Crippen molar-refractivity contribution in [2.75, 3.05) is 44.1 Å². The first-order valence-corrected chi connectivity index (χ1v) is 6.48. The maximum atomic E-state index is 12.0. The zero-order chi connectivity index (χ0) is 13.7. The van der Waals surface area contributed by atoms with Crippen molar-refractivity contribution in [1.29, 1.82) is 0 Å². The molecule has 0 aromatic heterocycles. The molecule has 0 spiro atoms. The first-order chi connectivity index (χ1) is 9.22. The number of methoxy groups -OCH3 is 1. The molecule has 5 heteroatoms. The van der Waals surface area contributed by atoms with E-state index in [-0.39, 0.29) is 5.91 Å². The highest BCUT2D eigenvalue weighted by Crippen LogP contribution is 2.29. The smallest absolute Gasteiger partial charge is 0.227 e. The van der Waals surface area contributed by atoms with Crippen LogP contribution in [0, 0.1) is 0 Å². The second-order valence-electron chi connectivity index (χ2n) is 4.54. The van der Waals surface area contributed by atoms with Crippen molar-refractivity contribution in [3.8, 4) is 0 Å². The molecule has 0 atom stereocenters. The highest BCUT2D eigenvalue weighted by Gasteiger charge is 2.23. The summed E-state index contributed by atoms with van der Waals surface area (Å²) in [6.07, 6.45) is 1.30. The molecular weight excluding hydrogens is 244 g/mol. The topological polar surface area (TPSA) is 64.8 Å². The van der Waals surface area contributed by atoms with Gasteiger partial charge in [0.2, 0.25) is 5.91 Å². The van der Waals surface area contributed by atoms with E-state index in [0.717, 1.165) is 23.4 Å². The Labute approximate surface area is 113 Å². The van der Waals surface area contributed by atoms with Gasteiger partial charge < -0.3 is 20.1 Å². The van der Waals surface area contributed by atoms with E-state index >= 15 is 0 Å². The fraction of sp³-hybridized carbons (Fsp3) is 0.500. The zero-order valence-corrected chi connectivity index (χ0v) is 11.2. The van der Waals surface area contributed by atoms with Crippen LogP contribution in [0.1, 0.15) is 12.0 Å². The fourth-order valence-corrected chi connectivity index (χ4v) is 2.23. The Hall–Kier alpha value is -1.59. The van der Waals surface area contributed by atoms with Gasteiger partial charge in [-0.1, -0.05) is 0 Å². The van der Waals surface area contributed by atoms with Crippen molar-refractivity contribution in [2.24, 2.45) is 0 Å². The van der Waals surface area contributed by atoms with E-state index in [0.29, 0.717) is 32.8 Å². The van der Waals surface area contributed by atoms with Crippen LogP contribution in [-0.2, 0) is 20.7 Å².